The SMILES string of the molecule is C/C(=C\c1ccc(C)cc1)C(=O)/C(C)=C/c1ccc(C)cc1. The molecule has 0 bridgehead atoms. The molecular formula is C21H22O. The minimum Gasteiger partial charge on any atom is -0.289 e. The lowest BCUT2D eigenvalue weighted by Crippen LogP contribution is -2.01. The van der Waals surface area contributed by atoms with Crippen molar-refractivity contribution in [2.24, 2.45) is 0 Å². The minimum absolute atomic E-state index is 0.0844. The van der Waals surface area contributed by atoms with Crippen molar-refractivity contribution < 1.29 is 4.79 Å². The van der Waals surface area contributed by atoms with Gasteiger partial charge >= 0.3 is 0 Å². The average Bonchev–Trinajstić information content (AvgIpc) is 2.51. The summed E-state index contributed by atoms with van der Waals surface area (Å²) in [7, 11) is 0. The van der Waals surface area contributed by atoms with E-state index in [0.717, 1.165) is 22.3 Å². The van der Waals surface area contributed by atoms with Gasteiger partial charge in [0, 0.05) is 0 Å². The summed E-state index contributed by atoms with van der Waals surface area (Å²) in [5.41, 5.74) is 6.06. The Morgan fingerprint density at radius 1 is 0.682 bits per heavy atom. The summed E-state index contributed by atoms with van der Waals surface area (Å²) in [6.07, 6.45) is 3.88. The third-order valence-electron chi connectivity index (χ3n) is 3.64. The molecular weight excluding hydrogens is 268 g/mol. The third-order valence-corrected chi connectivity index (χ3v) is 3.64. The molecule has 0 radical (unpaired) electrons. The Hall–Kier alpha value is -2.41. The third kappa shape index (κ3) is 4.29. The van der Waals surface area contributed by atoms with Gasteiger partial charge in [0.2, 0.25) is 0 Å². The molecule has 0 aliphatic rings. The van der Waals surface area contributed by atoms with Crippen LogP contribution < -0.4 is 0 Å². The maximum absolute atomic E-state index is 12.4. The molecule has 1 heteroatoms. The molecule has 0 aromatic heterocycles. The molecule has 0 saturated heterocycles. The Balaban J connectivity index is 2.18. The van der Waals surface area contributed by atoms with Gasteiger partial charge in [-0.15, -0.1) is 0 Å². The van der Waals surface area contributed by atoms with Crippen molar-refractivity contribution in [2.75, 3.05) is 0 Å². The number of carbonyl (C=O) groups is 1. The van der Waals surface area contributed by atoms with Gasteiger partial charge in [-0.2, -0.15) is 0 Å². The van der Waals surface area contributed by atoms with Crippen LogP contribution in [0.25, 0.3) is 12.2 Å². The topological polar surface area (TPSA) is 17.1 Å². The van der Waals surface area contributed by atoms with Crippen LogP contribution in [0, 0.1) is 13.8 Å². The standard InChI is InChI=1S/C21H22O/c1-15-5-9-19(10-6-15)13-17(3)21(22)18(4)14-20-11-7-16(2)8-12-20/h5-14H,1-4H3/b17-13+,18-14+. The van der Waals surface area contributed by atoms with Gasteiger partial charge in [0.1, 0.15) is 0 Å². The molecule has 0 saturated carbocycles. The highest BCUT2D eigenvalue weighted by molar-refractivity contribution is 6.12. The van der Waals surface area contributed by atoms with Crippen molar-refractivity contribution in [1.82, 2.24) is 0 Å². The van der Waals surface area contributed by atoms with Crippen molar-refractivity contribution in [2.45, 2.75) is 27.7 Å². The van der Waals surface area contributed by atoms with E-state index in [1.165, 1.54) is 11.1 Å². The van der Waals surface area contributed by atoms with Crippen molar-refractivity contribution in [1.29, 1.82) is 0 Å². The number of ketones is 1. The number of carbonyl (C=O) groups excluding carboxylic acids is 1. The Morgan fingerprint density at radius 3 is 1.32 bits per heavy atom. The largest absolute Gasteiger partial charge is 0.289 e. The number of hydrogen-bond acceptors (Lipinski definition) is 1. The smallest absolute Gasteiger partial charge is 0.184 e. The van der Waals surface area contributed by atoms with E-state index >= 15 is 0 Å². The summed E-state index contributed by atoms with van der Waals surface area (Å²) >= 11 is 0. The molecule has 2 aromatic carbocycles. The van der Waals surface area contributed by atoms with Crippen LogP contribution in [0.4, 0.5) is 0 Å². The van der Waals surface area contributed by atoms with Crippen LogP contribution in [0.3, 0.4) is 0 Å². The van der Waals surface area contributed by atoms with Gasteiger partial charge in [0.25, 0.3) is 0 Å². The van der Waals surface area contributed by atoms with Gasteiger partial charge in [-0.3, -0.25) is 4.79 Å². The second-order valence-corrected chi connectivity index (χ2v) is 5.81. The first-order valence-corrected chi connectivity index (χ1v) is 7.50. The molecule has 0 aliphatic heterocycles. The van der Waals surface area contributed by atoms with Crippen molar-refractivity contribution in [3.8, 4) is 0 Å². The monoisotopic (exact) mass is 290 g/mol. The molecule has 0 heterocycles. The van der Waals surface area contributed by atoms with Crippen LogP contribution in [-0.2, 0) is 4.79 Å². The Labute approximate surface area is 133 Å². The van der Waals surface area contributed by atoms with Crippen LogP contribution in [0.5, 0.6) is 0 Å². The molecule has 0 atom stereocenters. The van der Waals surface area contributed by atoms with Gasteiger partial charge in [0.05, 0.1) is 0 Å². The summed E-state index contributed by atoms with van der Waals surface area (Å²) in [6, 6.07) is 16.3. The molecule has 0 fully saturated rings. The molecule has 2 rings (SSSR count). The summed E-state index contributed by atoms with van der Waals surface area (Å²) in [5.74, 6) is 0.0844. The maximum atomic E-state index is 12.4. The molecule has 0 aliphatic carbocycles. The average molecular weight is 290 g/mol. The highest BCUT2D eigenvalue weighted by atomic mass is 16.1. The highest BCUT2D eigenvalue weighted by Crippen LogP contribution is 2.15. The summed E-state index contributed by atoms with van der Waals surface area (Å²) < 4.78 is 0. The fourth-order valence-corrected chi connectivity index (χ4v) is 2.27. The van der Waals surface area contributed by atoms with Gasteiger partial charge < -0.3 is 0 Å². The Bertz CT molecular complexity index is 650. The van der Waals surface area contributed by atoms with Crippen molar-refractivity contribution in [3.05, 3.63) is 81.9 Å². The normalized spacial score (nSPS) is 12.4. The quantitative estimate of drug-likeness (QED) is 0.691. The summed E-state index contributed by atoms with van der Waals surface area (Å²) in [4.78, 5) is 12.4. The van der Waals surface area contributed by atoms with Crippen LogP contribution in [-0.4, -0.2) is 5.78 Å². The van der Waals surface area contributed by atoms with E-state index in [1.54, 1.807) is 0 Å². The second kappa shape index (κ2) is 7.04. The summed E-state index contributed by atoms with van der Waals surface area (Å²) in [6.45, 7) is 7.85. The van der Waals surface area contributed by atoms with E-state index in [4.69, 9.17) is 0 Å². The van der Waals surface area contributed by atoms with Gasteiger partial charge in [-0.05, 0) is 62.1 Å². The van der Waals surface area contributed by atoms with E-state index in [9.17, 15) is 4.79 Å². The molecule has 0 amide bonds. The first-order valence-electron chi connectivity index (χ1n) is 7.50. The van der Waals surface area contributed by atoms with Crippen LogP contribution >= 0.6 is 0 Å². The fourth-order valence-electron chi connectivity index (χ4n) is 2.27. The van der Waals surface area contributed by atoms with Crippen LogP contribution in [0.2, 0.25) is 0 Å². The second-order valence-electron chi connectivity index (χ2n) is 5.81. The minimum atomic E-state index is 0.0844. The fraction of sp³-hybridized carbons (Fsp3) is 0.190. The zero-order chi connectivity index (χ0) is 16.1. The number of benzene rings is 2. The molecule has 0 unspecified atom stereocenters. The lowest BCUT2D eigenvalue weighted by atomic mass is 10.0. The van der Waals surface area contributed by atoms with E-state index < -0.39 is 0 Å². The van der Waals surface area contributed by atoms with E-state index in [0.29, 0.717) is 0 Å². The number of aryl methyl sites for hydroxylation is 2. The van der Waals surface area contributed by atoms with E-state index in [-0.39, 0.29) is 5.78 Å². The zero-order valence-corrected chi connectivity index (χ0v) is 13.7. The maximum Gasteiger partial charge on any atom is 0.184 e. The number of hydrogen-bond donors (Lipinski definition) is 0. The van der Waals surface area contributed by atoms with Crippen LogP contribution in [0.15, 0.2) is 59.7 Å². The van der Waals surface area contributed by atoms with E-state index in [2.05, 4.69) is 38.1 Å². The Kier molecular flexibility index (Phi) is 5.11. The number of rotatable bonds is 4. The molecule has 0 spiro atoms. The Morgan fingerprint density at radius 2 is 1.00 bits per heavy atom. The molecule has 1 nitrogen and oxygen atoms in total. The predicted octanol–water partition coefficient (Wildman–Crippen LogP) is 5.38. The van der Waals surface area contributed by atoms with Gasteiger partial charge in [0.15, 0.2) is 5.78 Å². The molecule has 0 N–H and O–H groups in total. The highest BCUT2D eigenvalue weighted by Gasteiger charge is 2.07. The molecule has 112 valence electrons. The van der Waals surface area contributed by atoms with Gasteiger partial charge in [-0.1, -0.05) is 59.7 Å². The van der Waals surface area contributed by atoms with E-state index in [1.807, 2.05) is 50.3 Å². The summed E-state index contributed by atoms with van der Waals surface area (Å²) in [5, 5.41) is 0. The number of Topliss-reactive ketones (excluding diaryl/α,β-unsaturated/α-hetero) is 1. The van der Waals surface area contributed by atoms with Gasteiger partial charge in [-0.25, -0.2) is 0 Å². The molecule has 2 aromatic rings. The first kappa shape index (κ1) is 16.0. The lowest BCUT2D eigenvalue weighted by Gasteiger charge is -2.03. The first-order chi connectivity index (χ1) is 10.5. The lowest BCUT2D eigenvalue weighted by molar-refractivity contribution is -0.112. The van der Waals surface area contributed by atoms with Crippen molar-refractivity contribution in [3.63, 3.8) is 0 Å². The molecule has 22 heavy (non-hydrogen) atoms. The predicted molar refractivity (Wildman–Crippen MR) is 94.7 cm³/mol. The number of allylic oxidation sites excluding steroid dienone is 2. The zero-order valence-electron chi connectivity index (χ0n) is 13.7. The van der Waals surface area contributed by atoms with Crippen LogP contribution in [0.1, 0.15) is 36.1 Å². The van der Waals surface area contributed by atoms with Crippen molar-refractivity contribution >= 4 is 17.9 Å².